The van der Waals surface area contributed by atoms with Gasteiger partial charge in [-0.1, -0.05) is 35.9 Å². The summed E-state index contributed by atoms with van der Waals surface area (Å²) in [5, 5.41) is 5.84. The summed E-state index contributed by atoms with van der Waals surface area (Å²) in [7, 11) is 0. The van der Waals surface area contributed by atoms with Crippen molar-refractivity contribution in [3.63, 3.8) is 0 Å². The third-order valence-electron chi connectivity index (χ3n) is 4.19. The van der Waals surface area contributed by atoms with Gasteiger partial charge < -0.3 is 15.6 Å². The summed E-state index contributed by atoms with van der Waals surface area (Å²) in [4.78, 5) is 32.1. The standard InChI is InChI=1S/C20H21ClN4O2/c1-13(23-20(27)14-7-2-3-8-15(14)21)19(26)22-12-6-11-18-24-16-9-4-5-10-17(16)25-18/h2-5,7-10,13H,6,11-12H2,1H3,(H,22,26)(H,23,27)(H,24,25)/t13-/m1/s1. The fourth-order valence-corrected chi connectivity index (χ4v) is 2.95. The number of hydrogen-bond acceptors (Lipinski definition) is 3. The highest BCUT2D eigenvalue weighted by Crippen LogP contribution is 2.14. The molecule has 0 fully saturated rings. The van der Waals surface area contributed by atoms with Gasteiger partial charge in [-0.05, 0) is 37.6 Å². The van der Waals surface area contributed by atoms with Crippen LogP contribution < -0.4 is 10.6 Å². The van der Waals surface area contributed by atoms with Crippen molar-refractivity contribution in [2.75, 3.05) is 6.54 Å². The Hall–Kier alpha value is -2.86. The van der Waals surface area contributed by atoms with E-state index in [1.54, 1.807) is 31.2 Å². The molecule has 2 aromatic carbocycles. The number of carbonyl (C=O) groups is 2. The number of nitrogens with zero attached hydrogens (tertiary/aromatic N) is 1. The van der Waals surface area contributed by atoms with Crippen LogP contribution in [0.15, 0.2) is 48.5 Å². The number of aryl methyl sites for hydroxylation is 1. The van der Waals surface area contributed by atoms with Gasteiger partial charge in [-0.3, -0.25) is 9.59 Å². The molecule has 3 aromatic rings. The zero-order valence-corrected chi connectivity index (χ0v) is 15.7. The Morgan fingerprint density at radius 3 is 2.67 bits per heavy atom. The molecule has 1 atom stereocenters. The predicted octanol–water partition coefficient (Wildman–Crippen LogP) is 3.08. The van der Waals surface area contributed by atoms with Gasteiger partial charge in [0.15, 0.2) is 0 Å². The first-order valence-corrected chi connectivity index (χ1v) is 9.19. The van der Waals surface area contributed by atoms with E-state index >= 15 is 0 Å². The lowest BCUT2D eigenvalue weighted by molar-refractivity contribution is -0.122. The minimum atomic E-state index is -0.653. The summed E-state index contributed by atoms with van der Waals surface area (Å²) in [6, 6.07) is 13.9. The Bertz CT molecular complexity index is 921. The van der Waals surface area contributed by atoms with Gasteiger partial charge in [0.2, 0.25) is 5.91 Å². The molecule has 0 spiro atoms. The van der Waals surface area contributed by atoms with Crippen molar-refractivity contribution in [1.29, 1.82) is 0 Å². The average Bonchev–Trinajstić information content (AvgIpc) is 3.08. The van der Waals surface area contributed by atoms with Crippen molar-refractivity contribution in [2.45, 2.75) is 25.8 Å². The lowest BCUT2D eigenvalue weighted by Gasteiger charge is -2.14. The summed E-state index contributed by atoms with van der Waals surface area (Å²) < 4.78 is 0. The van der Waals surface area contributed by atoms with E-state index < -0.39 is 6.04 Å². The van der Waals surface area contributed by atoms with Crippen molar-refractivity contribution < 1.29 is 9.59 Å². The molecule has 140 valence electrons. The number of fused-ring (bicyclic) bond motifs is 1. The average molecular weight is 385 g/mol. The number of aromatic amines is 1. The molecule has 3 N–H and O–H groups in total. The first kappa shape index (κ1) is 18.9. The number of carbonyl (C=O) groups excluding carboxylic acids is 2. The third kappa shape index (κ3) is 4.86. The maximum atomic E-state index is 12.2. The number of H-pyrrole nitrogens is 1. The van der Waals surface area contributed by atoms with Crippen molar-refractivity contribution in [3.8, 4) is 0 Å². The molecule has 0 unspecified atom stereocenters. The summed E-state index contributed by atoms with van der Waals surface area (Å²) in [6.45, 7) is 2.14. The topological polar surface area (TPSA) is 86.9 Å². The second-order valence-electron chi connectivity index (χ2n) is 6.27. The van der Waals surface area contributed by atoms with Crippen LogP contribution in [0.2, 0.25) is 5.02 Å². The molecule has 0 aliphatic carbocycles. The normalized spacial score (nSPS) is 11.9. The van der Waals surface area contributed by atoms with Crippen molar-refractivity contribution in [2.24, 2.45) is 0 Å². The smallest absolute Gasteiger partial charge is 0.253 e. The van der Waals surface area contributed by atoms with Crippen molar-refractivity contribution in [3.05, 3.63) is 64.9 Å². The number of halogens is 1. The molecule has 27 heavy (non-hydrogen) atoms. The molecule has 7 heteroatoms. The second-order valence-corrected chi connectivity index (χ2v) is 6.68. The fraction of sp³-hybridized carbons (Fsp3) is 0.250. The molecular formula is C20H21ClN4O2. The van der Waals surface area contributed by atoms with E-state index in [0.717, 1.165) is 29.7 Å². The highest BCUT2D eigenvalue weighted by Gasteiger charge is 2.17. The van der Waals surface area contributed by atoms with Gasteiger partial charge in [-0.25, -0.2) is 4.98 Å². The van der Waals surface area contributed by atoms with E-state index in [1.807, 2.05) is 24.3 Å². The lowest BCUT2D eigenvalue weighted by Crippen LogP contribution is -2.45. The van der Waals surface area contributed by atoms with E-state index in [9.17, 15) is 9.59 Å². The Balaban J connectivity index is 1.43. The molecule has 1 aromatic heterocycles. The summed E-state index contributed by atoms with van der Waals surface area (Å²) in [5.41, 5.74) is 2.29. The first-order chi connectivity index (χ1) is 13.0. The number of para-hydroxylation sites is 2. The minimum Gasteiger partial charge on any atom is -0.354 e. The van der Waals surface area contributed by atoms with Crippen molar-refractivity contribution in [1.82, 2.24) is 20.6 Å². The molecule has 1 heterocycles. The van der Waals surface area contributed by atoms with Crippen LogP contribution in [0.5, 0.6) is 0 Å². The second kappa shape index (κ2) is 8.68. The molecule has 6 nitrogen and oxygen atoms in total. The minimum absolute atomic E-state index is 0.236. The maximum absolute atomic E-state index is 12.2. The van der Waals surface area contributed by atoms with Gasteiger partial charge in [-0.15, -0.1) is 0 Å². The van der Waals surface area contributed by atoms with Gasteiger partial charge in [0.05, 0.1) is 21.6 Å². The zero-order chi connectivity index (χ0) is 19.2. The van der Waals surface area contributed by atoms with Gasteiger partial charge in [0.1, 0.15) is 11.9 Å². The Kier molecular flexibility index (Phi) is 6.08. The molecule has 0 aliphatic rings. The Morgan fingerprint density at radius 1 is 1.15 bits per heavy atom. The van der Waals surface area contributed by atoms with Gasteiger partial charge in [0.25, 0.3) is 5.91 Å². The molecule has 0 radical (unpaired) electrons. The van der Waals surface area contributed by atoms with Crippen LogP contribution in [0.25, 0.3) is 11.0 Å². The van der Waals surface area contributed by atoms with E-state index in [4.69, 9.17) is 11.6 Å². The SMILES string of the molecule is C[C@@H](NC(=O)c1ccccc1Cl)C(=O)NCCCc1nc2ccccc2[nH]1. The summed E-state index contributed by atoms with van der Waals surface area (Å²) in [6.07, 6.45) is 1.48. The molecule has 0 saturated heterocycles. The number of benzene rings is 2. The van der Waals surface area contributed by atoms with Gasteiger partial charge >= 0.3 is 0 Å². The first-order valence-electron chi connectivity index (χ1n) is 8.81. The van der Waals surface area contributed by atoms with Crippen LogP contribution in [-0.4, -0.2) is 34.4 Å². The molecular weight excluding hydrogens is 364 g/mol. The number of nitrogens with one attached hydrogen (secondary N) is 3. The summed E-state index contributed by atoms with van der Waals surface area (Å²) >= 11 is 6.00. The van der Waals surface area contributed by atoms with E-state index in [0.29, 0.717) is 17.1 Å². The monoisotopic (exact) mass is 384 g/mol. The quantitative estimate of drug-likeness (QED) is 0.547. The van der Waals surface area contributed by atoms with Crippen LogP contribution in [0, 0.1) is 0 Å². The van der Waals surface area contributed by atoms with Crippen LogP contribution in [-0.2, 0) is 11.2 Å². The number of rotatable bonds is 7. The molecule has 0 aliphatic heterocycles. The number of aromatic nitrogens is 2. The van der Waals surface area contributed by atoms with Crippen molar-refractivity contribution >= 4 is 34.4 Å². The highest BCUT2D eigenvalue weighted by atomic mass is 35.5. The van der Waals surface area contributed by atoms with Crippen LogP contribution >= 0.6 is 11.6 Å². The third-order valence-corrected chi connectivity index (χ3v) is 4.52. The van der Waals surface area contributed by atoms with E-state index in [-0.39, 0.29) is 11.8 Å². The zero-order valence-electron chi connectivity index (χ0n) is 15.0. The van der Waals surface area contributed by atoms with Gasteiger partial charge in [-0.2, -0.15) is 0 Å². The largest absolute Gasteiger partial charge is 0.354 e. The molecule has 0 bridgehead atoms. The van der Waals surface area contributed by atoms with Crippen LogP contribution in [0.1, 0.15) is 29.5 Å². The summed E-state index contributed by atoms with van der Waals surface area (Å²) in [5.74, 6) is 0.288. The molecule has 2 amide bonds. The van der Waals surface area contributed by atoms with Crippen LogP contribution in [0.4, 0.5) is 0 Å². The lowest BCUT2D eigenvalue weighted by atomic mass is 10.2. The van der Waals surface area contributed by atoms with E-state index in [1.165, 1.54) is 0 Å². The predicted molar refractivity (Wildman–Crippen MR) is 106 cm³/mol. The Labute approximate surface area is 162 Å². The number of imidazole rings is 1. The number of amides is 2. The van der Waals surface area contributed by atoms with Gasteiger partial charge in [0, 0.05) is 13.0 Å². The maximum Gasteiger partial charge on any atom is 0.253 e. The van der Waals surface area contributed by atoms with E-state index in [2.05, 4.69) is 20.6 Å². The highest BCUT2D eigenvalue weighted by molar-refractivity contribution is 6.33. The van der Waals surface area contributed by atoms with Crippen LogP contribution in [0.3, 0.4) is 0 Å². The number of hydrogen-bond donors (Lipinski definition) is 3. The Morgan fingerprint density at radius 2 is 1.89 bits per heavy atom. The molecule has 3 rings (SSSR count). The fourth-order valence-electron chi connectivity index (χ4n) is 2.73. The molecule has 0 saturated carbocycles.